The summed E-state index contributed by atoms with van der Waals surface area (Å²) >= 11 is 0. The third-order valence-electron chi connectivity index (χ3n) is 3.39. The summed E-state index contributed by atoms with van der Waals surface area (Å²) in [5, 5.41) is 11.0. The number of benzene rings is 1. The van der Waals surface area contributed by atoms with Crippen LogP contribution in [0.1, 0.15) is 25.3 Å². The number of allylic oxidation sites excluding steroid dienone is 1. The molecule has 2 atom stereocenters. The van der Waals surface area contributed by atoms with Crippen LogP contribution in [0, 0.1) is 16.0 Å². The van der Waals surface area contributed by atoms with Crippen LogP contribution in [0.3, 0.4) is 0 Å². The Bertz CT molecular complexity index is 604. The molecule has 0 saturated heterocycles. The first-order valence-corrected chi connectivity index (χ1v) is 6.59. The smallest absolute Gasteiger partial charge is 0.319 e. The SMILES string of the molecule is COc1cccc2c1[C@H](C[N+](=O)[O-])[C@H](C=C(C)C)C(=O)O2. The normalized spacial score (nSPS) is 20.2. The molecule has 0 radical (unpaired) electrons. The Labute approximate surface area is 122 Å². The van der Waals surface area contributed by atoms with Crippen LogP contribution in [0.25, 0.3) is 0 Å². The third-order valence-corrected chi connectivity index (χ3v) is 3.39. The summed E-state index contributed by atoms with van der Waals surface area (Å²) in [4.78, 5) is 22.7. The highest BCUT2D eigenvalue weighted by molar-refractivity contribution is 5.82. The first-order chi connectivity index (χ1) is 9.93. The molecule has 0 aromatic heterocycles. The van der Waals surface area contributed by atoms with Crippen LogP contribution in [0.2, 0.25) is 0 Å². The highest BCUT2D eigenvalue weighted by Gasteiger charge is 2.41. The zero-order chi connectivity index (χ0) is 15.6. The summed E-state index contributed by atoms with van der Waals surface area (Å²) in [5.74, 6) is -0.904. The van der Waals surface area contributed by atoms with Crippen molar-refractivity contribution in [3.8, 4) is 11.5 Å². The van der Waals surface area contributed by atoms with E-state index in [9.17, 15) is 14.9 Å². The van der Waals surface area contributed by atoms with Gasteiger partial charge in [-0.3, -0.25) is 14.9 Å². The lowest BCUT2D eigenvalue weighted by atomic mass is 9.82. The molecule has 2 rings (SSSR count). The van der Waals surface area contributed by atoms with Gasteiger partial charge < -0.3 is 9.47 Å². The summed E-state index contributed by atoms with van der Waals surface area (Å²) in [6, 6.07) is 5.03. The number of hydrogen-bond acceptors (Lipinski definition) is 5. The molecule has 1 aromatic carbocycles. The average molecular weight is 291 g/mol. The van der Waals surface area contributed by atoms with Crippen LogP contribution < -0.4 is 9.47 Å². The molecule has 0 unspecified atom stereocenters. The van der Waals surface area contributed by atoms with Crippen molar-refractivity contribution in [2.75, 3.05) is 13.7 Å². The Kier molecular flexibility index (Phi) is 4.26. The molecule has 1 aliphatic heterocycles. The average Bonchev–Trinajstić information content (AvgIpc) is 2.41. The van der Waals surface area contributed by atoms with Crippen molar-refractivity contribution < 1.29 is 19.2 Å². The Morgan fingerprint density at radius 2 is 2.19 bits per heavy atom. The van der Waals surface area contributed by atoms with Gasteiger partial charge in [-0.1, -0.05) is 17.7 Å². The highest BCUT2D eigenvalue weighted by Crippen LogP contribution is 2.44. The summed E-state index contributed by atoms with van der Waals surface area (Å²) in [6.45, 7) is 3.33. The molecule has 0 fully saturated rings. The lowest BCUT2D eigenvalue weighted by Crippen LogP contribution is -2.34. The van der Waals surface area contributed by atoms with Crippen LogP contribution in [0.4, 0.5) is 0 Å². The maximum Gasteiger partial charge on any atom is 0.319 e. The topological polar surface area (TPSA) is 78.7 Å². The maximum atomic E-state index is 12.2. The van der Waals surface area contributed by atoms with E-state index in [4.69, 9.17) is 9.47 Å². The third kappa shape index (κ3) is 3.04. The summed E-state index contributed by atoms with van der Waals surface area (Å²) in [7, 11) is 1.49. The molecule has 1 aromatic rings. The van der Waals surface area contributed by atoms with Crippen molar-refractivity contribution in [1.82, 2.24) is 0 Å². The fourth-order valence-electron chi connectivity index (χ4n) is 2.59. The van der Waals surface area contributed by atoms with Crippen molar-refractivity contribution in [3.63, 3.8) is 0 Å². The van der Waals surface area contributed by atoms with Gasteiger partial charge in [-0.05, 0) is 26.0 Å². The minimum Gasteiger partial charge on any atom is -0.496 e. The standard InChI is InChI=1S/C15H17NO5/c1-9(2)7-10-11(8-16(18)19)14-12(20-3)5-4-6-13(14)21-15(10)17/h4-7,10-11H,8H2,1-3H3/t10-,11+/m0/s1. The first-order valence-electron chi connectivity index (χ1n) is 6.59. The molecule has 21 heavy (non-hydrogen) atoms. The van der Waals surface area contributed by atoms with Gasteiger partial charge in [-0.2, -0.15) is 0 Å². The molecule has 0 aliphatic carbocycles. The maximum absolute atomic E-state index is 12.2. The second kappa shape index (κ2) is 5.95. The lowest BCUT2D eigenvalue weighted by Gasteiger charge is -2.29. The van der Waals surface area contributed by atoms with Crippen molar-refractivity contribution in [1.29, 1.82) is 0 Å². The van der Waals surface area contributed by atoms with Gasteiger partial charge in [0.05, 0.1) is 18.9 Å². The number of carbonyl (C=O) groups excluding carboxylic acids is 1. The molecule has 112 valence electrons. The number of carbonyl (C=O) groups is 1. The Hall–Kier alpha value is -2.37. The number of nitro groups is 1. The van der Waals surface area contributed by atoms with E-state index in [1.807, 2.05) is 13.8 Å². The minimum absolute atomic E-state index is 0.338. The van der Waals surface area contributed by atoms with E-state index in [-0.39, 0.29) is 6.54 Å². The number of ether oxygens (including phenoxy) is 2. The van der Waals surface area contributed by atoms with Crippen LogP contribution in [0.15, 0.2) is 29.8 Å². The van der Waals surface area contributed by atoms with E-state index < -0.39 is 22.7 Å². The van der Waals surface area contributed by atoms with Crippen LogP contribution in [-0.2, 0) is 4.79 Å². The molecule has 1 aliphatic rings. The number of fused-ring (bicyclic) bond motifs is 1. The monoisotopic (exact) mass is 291 g/mol. The number of methoxy groups -OCH3 is 1. The van der Waals surface area contributed by atoms with E-state index in [0.717, 1.165) is 5.57 Å². The second-order valence-corrected chi connectivity index (χ2v) is 5.18. The number of esters is 1. The van der Waals surface area contributed by atoms with Crippen molar-refractivity contribution in [3.05, 3.63) is 45.5 Å². The van der Waals surface area contributed by atoms with Gasteiger partial charge in [0, 0.05) is 10.5 Å². The molecule has 6 heteroatoms. The number of hydrogen-bond donors (Lipinski definition) is 0. The summed E-state index contributed by atoms with van der Waals surface area (Å²) < 4.78 is 10.6. The van der Waals surface area contributed by atoms with E-state index in [1.165, 1.54) is 7.11 Å². The van der Waals surface area contributed by atoms with Gasteiger partial charge in [-0.15, -0.1) is 0 Å². The van der Waals surface area contributed by atoms with E-state index in [1.54, 1.807) is 24.3 Å². The van der Waals surface area contributed by atoms with Gasteiger partial charge in [-0.25, -0.2) is 0 Å². The summed E-state index contributed by atoms with van der Waals surface area (Å²) in [6.07, 6.45) is 1.71. The van der Waals surface area contributed by atoms with E-state index in [2.05, 4.69) is 0 Å². The molecule has 0 saturated carbocycles. The predicted molar refractivity (Wildman–Crippen MR) is 76.2 cm³/mol. The van der Waals surface area contributed by atoms with Gasteiger partial charge in [0.15, 0.2) is 0 Å². The number of nitrogens with zero attached hydrogens (tertiary/aromatic N) is 1. The molecule has 0 N–H and O–H groups in total. The fourth-order valence-corrected chi connectivity index (χ4v) is 2.59. The molecular weight excluding hydrogens is 274 g/mol. The van der Waals surface area contributed by atoms with Crippen molar-refractivity contribution in [2.45, 2.75) is 19.8 Å². The zero-order valence-electron chi connectivity index (χ0n) is 12.2. The summed E-state index contributed by atoms with van der Waals surface area (Å²) in [5.41, 5.74) is 1.49. The molecule has 0 amide bonds. The first kappa shape index (κ1) is 15.0. The van der Waals surface area contributed by atoms with E-state index >= 15 is 0 Å². The van der Waals surface area contributed by atoms with Crippen molar-refractivity contribution >= 4 is 5.97 Å². The largest absolute Gasteiger partial charge is 0.496 e. The quantitative estimate of drug-likeness (QED) is 0.280. The number of rotatable bonds is 4. The Morgan fingerprint density at radius 1 is 1.48 bits per heavy atom. The Balaban J connectivity index is 2.58. The van der Waals surface area contributed by atoms with Gasteiger partial charge in [0.1, 0.15) is 11.5 Å². The zero-order valence-corrected chi connectivity index (χ0v) is 12.2. The molecular formula is C15H17NO5. The van der Waals surface area contributed by atoms with Gasteiger partial charge >= 0.3 is 5.97 Å². The predicted octanol–water partition coefficient (Wildman–Crippen LogP) is 2.56. The molecule has 1 heterocycles. The second-order valence-electron chi connectivity index (χ2n) is 5.18. The Morgan fingerprint density at radius 3 is 2.76 bits per heavy atom. The van der Waals surface area contributed by atoms with Crippen LogP contribution >= 0.6 is 0 Å². The lowest BCUT2D eigenvalue weighted by molar-refractivity contribution is -0.484. The highest BCUT2D eigenvalue weighted by atomic mass is 16.6. The van der Waals surface area contributed by atoms with E-state index in [0.29, 0.717) is 17.1 Å². The van der Waals surface area contributed by atoms with Gasteiger partial charge in [0.25, 0.3) is 0 Å². The fraction of sp³-hybridized carbons (Fsp3) is 0.400. The van der Waals surface area contributed by atoms with Gasteiger partial charge in [0.2, 0.25) is 6.54 Å². The minimum atomic E-state index is -0.677. The van der Waals surface area contributed by atoms with Crippen LogP contribution in [-0.4, -0.2) is 24.5 Å². The van der Waals surface area contributed by atoms with Crippen molar-refractivity contribution in [2.24, 2.45) is 5.92 Å². The molecule has 6 nitrogen and oxygen atoms in total. The molecule has 0 bridgehead atoms. The van der Waals surface area contributed by atoms with Crippen LogP contribution in [0.5, 0.6) is 11.5 Å². The molecule has 0 spiro atoms.